The van der Waals surface area contributed by atoms with E-state index < -0.39 is 17.7 Å². The molecule has 0 spiro atoms. The summed E-state index contributed by atoms with van der Waals surface area (Å²) in [6, 6.07) is 9.48. The second-order valence-corrected chi connectivity index (χ2v) is 5.41. The molecule has 0 heterocycles. The van der Waals surface area contributed by atoms with Gasteiger partial charge in [-0.05, 0) is 38.1 Å². The summed E-state index contributed by atoms with van der Waals surface area (Å²) in [6.07, 6.45) is -0.676. The van der Waals surface area contributed by atoms with Gasteiger partial charge in [-0.25, -0.2) is 13.6 Å². The lowest BCUT2D eigenvalue weighted by Crippen LogP contribution is -2.30. The fourth-order valence-electron chi connectivity index (χ4n) is 1.91. The van der Waals surface area contributed by atoms with Crippen molar-refractivity contribution in [1.29, 1.82) is 0 Å². The smallest absolute Gasteiger partial charge is 0.407 e. The van der Waals surface area contributed by atoms with Gasteiger partial charge in [0, 0.05) is 18.2 Å². The van der Waals surface area contributed by atoms with Gasteiger partial charge in [-0.1, -0.05) is 0 Å². The van der Waals surface area contributed by atoms with Crippen LogP contribution in [0.3, 0.4) is 0 Å². The van der Waals surface area contributed by atoms with Crippen LogP contribution in [-0.2, 0) is 4.74 Å². The molecule has 0 saturated heterocycles. The van der Waals surface area contributed by atoms with Crippen LogP contribution in [0.2, 0.25) is 0 Å². The van der Waals surface area contributed by atoms with Crippen molar-refractivity contribution in [3.8, 4) is 17.2 Å². The lowest BCUT2D eigenvalue weighted by atomic mass is 10.3. The third-order valence-corrected chi connectivity index (χ3v) is 2.88. The highest BCUT2D eigenvalue weighted by Crippen LogP contribution is 2.25. The summed E-state index contributed by atoms with van der Waals surface area (Å²) in [5.41, 5.74) is 0. The van der Waals surface area contributed by atoms with E-state index in [0.29, 0.717) is 18.0 Å². The highest BCUT2D eigenvalue weighted by Gasteiger charge is 2.05. The first-order valence-corrected chi connectivity index (χ1v) is 7.73. The van der Waals surface area contributed by atoms with Crippen LogP contribution in [0, 0.1) is 11.6 Å². The Labute approximate surface area is 144 Å². The van der Waals surface area contributed by atoms with E-state index in [1.54, 1.807) is 38.1 Å². The Kier molecular flexibility index (Phi) is 6.56. The highest BCUT2D eigenvalue weighted by molar-refractivity contribution is 5.67. The number of carbonyl (C=O) groups excluding carboxylic acids is 1. The van der Waals surface area contributed by atoms with Gasteiger partial charge in [0.15, 0.2) is 0 Å². The van der Waals surface area contributed by atoms with Gasteiger partial charge in [-0.3, -0.25) is 0 Å². The van der Waals surface area contributed by atoms with Crippen LogP contribution in [0.4, 0.5) is 13.6 Å². The lowest BCUT2D eigenvalue weighted by molar-refractivity contribution is 0.114. The second kappa shape index (κ2) is 8.86. The summed E-state index contributed by atoms with van der Waals surface area (Å²) in [5, 5.41) is 2.56. The van der Waals surface area contributed by atoms with Crippen LogP contribution in [-0.4, -0.2) is 25.3 Å². The summed E-state index contributed by atoms with van der Waals surface area (Å²) in [6.45, 7) is 4.09. The normalized spacial score (nSPS) is 10.4. The maximum atomic E-state index is 13.1. The van der Waals surface area contributed by atoms with Gasteiger partial charge in [0.05, 0.1) is 12.6 Å². The van der Waals surface area contributed by atoms with Gasteiger partial charge in [0.2, 0.25) is 0 Å². The molecule has 0 bridgehead atoms. The van der Waals surface area contributed by atoms with E-state index in [4.69, 9.17) is 14.2 Å². The third kappa shape index (κ3) is 6.66. The number of carbonyl (C=O) groups is 1. The van der Waals surface area contributed by atoms with Crippen LogP contribution in [0.15, 0.2) is 42.5 Å². The number of hydrogen-bond donors (Lipinski definition) is 1. The molecule has 25 heavy (non-hydrogen) atoms. The zero-order valence-electron chi connectivity index (χ0n) is 13.9. The number of benzene rings is 2. The molecule has 0 aliphatic carbocycles. The lowest BCUT2D eigenvalue weighted by Gasteiger charge is -2.11. The number of ether oxygens (including phenoxy) is 3. The number of amides is 1. The first-order chi connectivity index (χ1) is 11.9. The van der Waals surface area contributed by atoms with E-state index in [2.05, 4.69) is 5.32 Å². The summed E-state index contributed by atoms with van der Waals surface area (Å²) >= 11 is 0. The number of alkyl carbamates (subject to hydrolysis) is 1. The minimum absolute atomic E-state index is 0.0685. The summed E-state index contributed by atoms with van der Waals surface area (Å²) in [7, 11) is 0. The van der Waals surface area contributed by atoms with Crippen molar-refractivity contribution >= 4 is 6.09 Å². The average Bonchev–Trinajstić information content (AvgIpc) is 2.51. The molecule has 2 aromatic carbocycles. The number of rotatable bonds is 7. The molecule has 134 valence electrons. The average molecular weight is 351 g/mol. The molecule has 0 aliphatic heterocycles. The molecule has 0 saturated carbocycles. The summed E-state index contributed by atoms with van der Waals surface area (Å²) in [5.74, 6) is -0.372. The Bertz CT molecular complexity index is 684. The monoisotopic (exact) mass is 351 g/mol. The van der Waals surface area contributed by atoms with Gasteiger partial charge >= 0.3 is 6.09 Å². The minimum atomic E-state index is -0.710. The van der Waals surface area contributed by atoms with Crippen LogP contribution >= 0.6 is 0 Å². The predicted molar refractivity (Wildman–Crippen MR) is 88.0 cm³/mol. The number of nitrogens with one attached hydrogen (secondary N) is 1. The van der Waals surface area contributed by atoms with E-state index in [1.165, 1.54) is 0 Å². The molecule has 0 aromatic heterocycles. The van der Waals surface area contributed by atoms with Gasteiger partial charge in [0.25, 0.3) is 0 Å². The van der Waals surface area contributed by atoms with Gasteiger partial charge in [-0.2, -0.15) is 0 Å². The molecule has 0 atom stereocenters. The van der Waals surface area contributed by atoms with E-state index in [9.17, 15) is 13.6 Å². The number of halogens is 2. The van der Waals surface area contributed by atoms with Crippen LogP contribution < -0.4 is 14.8 Å². The second-order valence-electron chi connectivity index (χ2n) is 5.41. The predicted octanol–water partition coefficient (Wildman–Crippen LogP) is 4.27. The van der Waals surface area contributed by atoms with Crippen molar-refractivity contribution < 1.29 is 27.8 Å². The number of hydrogen-bond acceptors (Lipinski definition) is 4. The van der Waals surface area contributed by atoms with Crippen molar-refractivity contribution in [1.82, 2.24) is 5.32 Å². The van der Waals surface area contributed by atoms with Crippen molar-refractivity contribution in [2.75, 3.05) is 13.2 Å². The largest absolute Gasteiger partial charge is 0.492 e. The zero-order chi connectivity index (χ0) is 18.2. The highest BCUT2D eigenvalue weighted by atomic mass is 19.1. The molecule has 2 rings (SSSR count). The van der Waals surface area contributed by atoms with Gasteiger partial charge in [0.1, 0.15) is 35.5 Å². The Morgan fingerprint density at radius 2 is 1.60 bits per heavy atom. The van der Waals surface area contributed by atoms with Gasteiger partial charge in [-0.15, -0.1) is 0 Å². The molecule has 0 aliphatic rings. The van der Waals surface area contributed by atoms with Crippen molar-refractivity contribution in [3.63, 3.8) is 0 Å². The molecular formula is C18H19F2NO4. The van der Waals surface area contributed by atoms with Crippen molar-refractivity contribution in [2.45, 2.75) is 20.0 Å². The van der Waals surface area contributed by atoms with Crippen LogP contribution in [0.25, 0.3) is 0 Å². The Morgan fingerprint density at radius 3 is 2.20 bits per heavy atom. The topological polar surface area (TPSA) is 56.8 Å². The molecule has 7 heteroatoms. The van der Waals surface area contributed by atoms with Gasteiger partial charge < -0.3 is 19.5 Å². The SMILES string of the molecule is CC(C)OC(=O)NCCOc1ccc(Oc2cc(F)cc(F)c2)cc1. The van der Waals surface area contributed by atoms with E-state index >= 15 is 0 Å². The maximum Gasteiger partial charge on any atom is 0.407 e. The summed E-state index contributed by atoms with van der Waals surface area (Å²) in [4.78, 5) is 11.3. The Hall–Kier alpha value is -2.83. The van der Waals surface area contributed by atoms with E-state index in [-0.39, 0.29) is 18.5 Å². The third-order valence-electron chi connectivity index (χ3n) is 2.88. The molecule has 1 amide bonds. The quantitative estimate of drug-likeness (QED) is 0.757. The van der Waals surface area contributed by atoms with E-state index in [1.807, 2.05) is 0 Å². The van der Waals surface area contributed by atoms with E-state index in [0.717, 1.165) is 18.2 Å². The van der Waals surface area contributed by atoms with Crippen molar-refractivity contribution in [2.24, 2.45) is 0 Å². The zero-order valence-corrected chi connectivity index (χ0v) is 13.9. The molecule has 0 unspecified atom stereocenters. The summed E-state index contributed by atoms with van der Waals surface area (Å²) < 4.78 is 42.0. The van der Waals surface area contributed by atoms with Crippen LogP contribution in [0.5, 0.6) is 17.2 Å². The first-order valence-electron chi connectivity index (χ1n) is 7.73. The Morgan fingerprint density at radius 1 is 1.00 bits per heavy atom. The maximum absolute atomic E-state index is 13.1. The standard InChI is InChI=1S/C18H19F2NO4/c1-12(2)24-18(22)21-7-8-23-15-3-5-16(6-4-15)25-17-10-13(19)9-14(20)11-17/h3-6,9-12H,7-8H2,1-2H3,(H,21,22). The fraction of sp³-hybridized carbons (Fsp3) is 0.278. The molecule has 2 aromatic rings. The molecular weight excluding hydrogens is 332 g/mol. The van der Waals surface area contributed by atoms with Crippen molar-refractivity contribution in [3.05, 3.63) is 54.1 Å². The molecule has 0 radical (unpaired) electrons. The Balaban J connectivity index is 1.79. The molecule has 5 nitrogen and oxygen atoms in total. The molecule has 1 N–H and O–H groups in total. The van der Waals surface area contributed by atoms with Crippen LogP contribution in [0.1, 0.15) is 13.8 Å². The fourth-order valence-corrected chi connectivity index (χ4v) is 1.91. The molecule has 0 fully saturated rings. The first kappa shape index (κ1) is 18.5. The minimum Gasteiger partial charge on any atom is -0.492 e.